The first-order valence-electron chi connectivity index (χ1n) is 4.61. The molecule has 0 amide bonds. The van der Waals surface area contributed by atoms with E-state index in [1.54, 1.807) is 6.33 Å². The highest BCUT2D eigenvalue weighted by Crippen LogP contribution is 2.54. The van der Waals surface area contributed by atoms with Crippen molar-refractivity contribution in [2.75, 3.05) is 0 Å². The smallest absolute Gasteiger partial charge is 0.115 e. The van der Waals surface area contributed by atoms with E-state index < -0.39 is 0 Å². The first-order valence-corrected chi connectivity index (χ1v) is 4.61. The van der Waals surface area contributed by atoms with Crippen molar-refractivity contribution in [3.05, 3.63) is 24.3 Å². The molecular weight excluding hydrogens is 162 g/mol. The van der Waals surface area contributed by atoms with Crippen LogP contribution in [-0.2, 0) is 5.41 Å². The standard InChI is InChI=1S/C10H15N3/c1-9(2,11)10(3-4-10)8-5-12-7-13-6-8/h5-7H,3-4,11H2,1-2H3. The first kappa shape index (κ1) is 8.63. The fourth-order valence-electron chi connectivity index (χ4n) is 1.98. The highest BCUT2D eigenvalue weighted by molar-refractivity contribution is 5.32. The molecule has 70 valence electrons. The first-order chi connectivity index (χ1) is 6.06. The summed E-state index contributed by atoms with van der Waals surface area (Å²) in [5.74, 6) is 0. The molecule has 1 aromatic heterocycles. The van der Waals surface area contributed by atoms with Gasteiger partial charge in [-0.15, -0.1) is 0 Å². The van der Waals surface area contributed by atoms with Crippen LogP contribution in [-0.4, -0.2) is 15.5 Å². The minimum atomic E-state index is -0.169. The van der Waals surface area contributed by atoms with E-state index in [-0.39, 0.29) is 11.0 Å². The SMILES string of the molecule is CC(C)(N)C1(c2cncnc2)CC1. The Labute approximate surface area is 78.4 Å². The molecule has 1 aliphatic rings. The summed E-state index contributed by atoms with van der Waals surface area (Å²) in [6.07, 6.45) is 7.64. The van der Waals surface area contributed by atoms with Crippen molar-refractivity contribution >= 4 is 0 Å². The van der Waals surface area contributed by atoms with Gasteiger partial charge in [-0.2, -0.15) is 0 Å². The van der Waals surface area contributed by atoms with Crippen LogP contribution in [0.3, 0.4) is 0 Å². The van der Waals surface area contributed by atoms with Gasteiger partial charge in [0.2, 0.25) is 0 Å². The zero-order chi connectivity index (χ0) is 9.53. The van der Waals surface area contributed by atoms with Crippen LogP contribution >= 0.6 is 0 Å². The van der Waals surface area contributed by atoms with Crippen molar-refractivity contribution in [1.29, 1.82) is 0 Å². The lowest BCUT2D eigenvalue weighted by Crippen LogP contribution is -2.45. The maximum Gasteiger partial charge on any atom is 0.115 e. The number of hydrogen-bond acceptors (Lipinski definition) is 3. The Kier molecular flexibility index (Phi) is 1.67. The molecule has 0 aliphatic heterocycles. The average molecular weight is 177 g/mol. The molecule has 3 heteroatoms. The lowest BCUT2D eigenvalue weighted by atomic mass is 9.80. The zero-order valence-corrected chi connectivity index (χ0v) is 8.12. The Balaban J connectivity index is 2.37. The second kappa shape index (κ2) is 2.51. The minimum absolute atomic E-state index is 0.133. The van der Waals surface area contributed by atoms with Gasteiger partial charge in [0.1, 0.15) is 6.33 Å². The van der Waals surface area contributed by atoms with Crippen molar-refractivity contribution in [2.24, 2.45) is 5.73 Å². The van der Waals surface area contributed by atoms with E-state index in [1.807, 2.05) is 12.4 Å². The largest absolute Gasteiger partial charge is 0.325 e. The summed E-state index contributed by atoms with van der Waals surface area (Å²) in [6, 6.07) is 0. The van der Waals surface area contributed by atoms with Crippen molar-refractivity contribution in [2.45, 2.75) is 37.6 Å². The highest BCUT2D eigenvalue weighted by atomic mass is 14.9. The molecule has 0 spiro atoms. The second-order valence-corrected chi connectivity index (χ2v) is 4.43. The molecule has 0 atom stereocenters. The lowest BCUT2D eigenvalue weighted by molar-refractivity contribution is 0.390. The van der Waals surface area contributed by atoms with E-state index in [2.05, 4.69) is 23.8 Å². The Hall–Kier alpha value is -0.960. The Morgan fingerprint density at radius 1 is 1.31 bits per heavy atom. The normalized spacial score (nSPS) is 19.9. The van der Waals surface area contributed by atoms with Gasteiger partial charge in [-0.05, 0) is 32.3 Å². The minimum Gasteiger partial charge on any atom is -0.325 e. The summed E-state index contributed by atoms with van der Waals surface area (Å²) in [4.78, 5) is 8.08. The van der Waals surface area contributed by atoms with Crippen LogP contribution in [0.15, 0.2) is 18.7 Å². The van der Waals surface area contributed by atoms with E-state index in [1.165, 1.54) is 5.56 Å². The average Bonchev–Trinajstić information content (AvgIpc) is 2.84. The van der Waals surface area contributed by atoms with Crippen molar-refractivity contribution < 1.29 is 0 Å². The fourth-order valence-corrected chi connectivity index (χ4v) is 1.98. The summed E-state index contributed by atoms with van der Waals surface area (Å²) in [6.45, 7) is 4.15. The molecule has 3 nitrogen and oxygen atoms in total. The maximum atomic E-state index is 6.15. The van der Waals surface area contributed by atoms with Crippen LogP contribution in [0.5, 0.6) is 0 Å². The van der Waals surface area contributed by atoms with Crippen LogP contribution in [0.25, 0.3) is 0 Å². The molecule has 0 unspecified atom stereocenters. The van der Waals surface area contributed by atoms with Crippen molar-refractivity contribution in [3.63, 3.8) is 0 Å². The van der Waals surface area contributed by atoms with Crippen LogP contribution in [0.4, 0.5) is 0 Å². The van der Waals surface area contributed by atoms with Crippen molar-refractivity contribution in [1.82, 2.24) is 9.97 Å². The van der Waals surface area contributed by atoms with Gasteiger partial charge in [0, 0.05) is 23.3 Å². The third-order valence-electron chi connectivity index (χ3n) is 3.10. The summed E-state index contributed by atoms with van der Waals surface area (Å²) in [5, 5.41) is 0. The van der Waals surface area contributed by atoms with E-state index >= 15 is 0 Å². The molecule has 1 aliphatic carbocycles. The van der Waals surface area contributed by atoms with Gasteiger partial charge in [-0.1, -0.05) is 0 Å². The van der Waals surface area contributed by atoms with Gasteiger partial charge in [0.25, 0.3) is 0 Å². The molecule has 0 bridgehead atoms. The number of rotatable bonds is 2. The fraction of sp³-hybridized carbons (Fsp3) is 0.600. The van der Waals surface area contributed by atoms with Gasteiger partial charge >= 0.3 is 0 Å². The molecule has 2 rings (SSSR count). The molecule has 2 N–H and O–H groups in total. The van der Waals surface area contributed by atoms with Crippen LogP contribution in [0, 0.1) is 0 Å². The predicted molar refractivity (Wildman–Crippen MR) is 51.2 cm³/mol. The number of hydrogen-bond donors (Lipinski definition) is 1. The molecular formula is C10H15N3. The van der Waals surface area contributed by atoms with E-state index in [0.717, 1.165) is 12.8 Å². The van der Waals surface area contributed by atoms with E-state index in [9.17, 15) is 0 Å². The molecule has 1 aromatic rings. The Bertz CT molecular complexity index is 296. The monoisotopic (exact) mass is 177 g/mol. The number of nitrogens with zero attached hydrogens (tertiary/aromatic N) is 2. The van der Waals surface area contributed by atoms with Crippen LogP contribution in [0.2, 0.25) is 0 Å². The highest BCUT2D eigenvalue weighted by Gasteiger charge is 2.54. The van der Waals surface area contributed by atoms with E-state index in [0.29, 0.717) is 0 Å². The predicted octanol–water partition coefficient (Wildman–Crippen LogP) is 1.25. The van der Waals surface area contributed by atoms with Crippen LogP contribution < -0.4 is 5.73 Å². The molecule has 0 radical (unpaired) electrons. The molecule has 1 heterocycles. The second-order valence-electron chi connectivity index (χ2n) is 4.43. The molecule has 1 saturated carbocycles. The Morgan fingerprint density at radius 2 is 1.85 bits per heavy atom. The summed E-state index contributed by atoms with van der Waals surface area (Å²) in [7, 11) is 0. The third-order valence-corrected chi connectivity index (χ3v) is 3.10. The Morgan fingerprint density at radius 3 is 2.23 bits per heavy atom. The molecule has 13 heavy (non-hydrogen) atoms. The van der Waals surface area contributed by atoms with Gasteiger partial charge < -0.3 is 5.73 Å². The van der Waals surface area contributed by atoms with Gasteiger partial charge in [-0.25, -0.2) is 9.97 Å². The van der Waals surface area contributed by atoms with Crippen molar-refractivity contribution in [3.8, 4) is 0 Å². The zero-order valence-electron chi connectivity index (χ0n) is 8.12. The summed E-state index contributed by atoms with van der Waals surface area (Å²) < 4.78 is 0. The summed E-state index contributed by atoms with van der Waals surface area (Å²) >= 11 is 0. The quantitative estimate of drug-likeness (QED) is 0.739. The molecule has 1 fully saturated rings. The van der Waals surface area contributed by atoms with Gasteiger partial charge in [-0.3, -0.25) is 0 Å². The third kappa shape index (κ3) is 1.23. The van der Waals surface area contributed by atoms with Crippen LogP contribution in [0.1, 0.15) is 32.3 Å². The summed E-state index contributed by atoms with van der Waals surface area (Å²) in [5.41, 5.74) is 7.30. The van der Waals surface area contributed by atoms with Gasteiger partial charge in [0.05, 0.1) is 0 Å². The number of aromatic nitrogens is 2. The molecule has 0 saturated heterocycles. The van der Waals surface area contributed by atoms with Gasteiger partial charge in [0.15, 0.2) is 0 Å². The lowest BCUT2D eigenvalue weighted by Gasteiger charge is -2.30. The maximum absolute atomic E-state index is 6.15. The van der Waals surface area contributed by atoms with E-state index in [4.69, 9.17) is 5.73 Å². The molecule has 0 aromatic carbocycles. The topological polar surface area (TPSA) is 51.8 Å². The number of nitrogens with two attached hydrogens (primary N) is 1.